The Morgan fingerprint density at radius 2 is 2.09 bits per heavy atom. The number of halogens is 3. The molecule has 0 rings (SSSR count). The van der Waals surface area contributed by atoms with Crippen LogP contribution < -0.4 is 0 Å². The molecule has 0 heterocycles. The van der Waals surface area contributed by atoms with Crippen LogP contribution >= 0.6 is 34.8 Å². The molecule has 0 fully saturated rings. The molecular formula is C6H8Cl3NO. The Bertz CT molecular complexity index is 177. The second kappa shape index (κ2) is 4.29. The summed E-state index contributed by atoms with van der Waals surface area (Å²) in [5.41, 5.74) is 0. The Morgan fingerprint density at radius 3 is 2.36 bits per heavy atom. The van der Waals surface area contributed by atoms with Gasteiger partial charge in [0.15, 0.2) is 4.33 Å². The van der Waals surface area contributed by atoms with E-state index in [1.165, 1.54) is 6.92 Å². The summed E-state index contributed by atoms with van der Waals surface area (Å²) in [6.07, 6.45) is 1.14. The van der Waals surface area contributed by atoms with Gasteiger partial charge in [-0.25, -0.2) is 4.99 Å². The van der Waals surface area contributed by atoms with Gasteiger partial charge in [-0.1, -0.05) is 23.2 Å². The zero-order chi connectivity index (χ0) is 9.07. The third-order valence-corrected chi connectivity index (χ3v) is 2.37. The summed E-state index contributed by atoms with van der Waals surface area (Å²) in [7, 11) is 0. The van der Waals surface area contributed by atoms with Crippen LogP contribution in [0.1, 0.15) is 13.8 Å². The van der Waals surface area contributed by atoms with Crippen molar-refractivity contribution in [3.8, 4) is 0 Å². The highest BCUT2D eigenvalue weighted by atomic mass is 35.5. The smallest absolute Gasteiger partial charge is 0.242 e. The van der Waals surface area contributed by atoms with Crippen LogP contribution in [0.4, 0.5) is 0 Å². The maximum Gasteiger partial charge on any atom is 0.242 e. The Hall–Kier alpha value is 0.210. The van der Waals surface area contributed by atoms with Gasteiger partial charge in [-0.05, 0) is 6.92 Å². The lowest BCUT2D eigenvalue weighted by atomic mass is 10.3. The molecule has 0 bridgehead atoms. The van der Waals surface area contributed by atoms with Gasteiger partial charge < -0.3 is 0 Å². The Balaban J connectivity index is 4.23. The standard InChI is InChI=1S/C6H8Cl3NO/c1-4(7)6(8,9)3-10-5(2)11/h3-4H,1-2H3. The van der Waals surface area contributed by atoms with Crippen molar-refractivity contribution in [2.45, 2.75) is 23.6 Å². The van der Waals surface area contributed by atoms with E-state index in [-0.39, 0.29) is 5.91 Å². The van der Waals surface area contributed by atoms with Gasteiger partial charge in [0, 0.05) is 13.1 Å². The van der Waals surface area contributed by atoms with Crippen molar-refractivity contribution in [1.29, 1.82) is 0 Å². The van der Waals surface area contributed by atoms with Gasteiger partial charge >= 0.3 is 0 Å². The Labute approximate surface area is 80.5 Å². The molecule has 0 aliphatic heterocycles. The van der Waals surface area contributed by atoms with E-state index in [4.69, 9.17) is 34.8 Å². The summed E-state index contributed by atoms with van der Waals surface area (Å²) in [4.78, 5) is 13.8. The first kappa shape index (κ1) is 11.2. The second-order valence-electron chi connectivity index (χ2n) is 2.07. The number of aliphatic imine (C=N–C) groups is 1. The zero-order valence-electron chi connectivity index (χ0n) is 6.14. The van der Waals surface area contributed by atoms with E-state index in [0.717, 1.165) is 6.21 Å². The lowest BCUT2D eigenvalue weighted by molar-refractivity contribution is -0.115. The molecule has 1 atom stereocenters. The van der Waals surface area contributed by atoms with E-state index in [1.807, 2.05) is 0 Å². The monoisotopic (exact) mass is 215 g/mol. The van der Waals surface area contributed by atoms with Gasteiger partial charge in [0.2, 0.25) is 5.91 Å². The van der Waals surface area contributed by atoms with Crippen molar-refractivity contribution in [3.63, 3.8) is 0 Å². The number of rotatable bonds is 2. The zero-order valence-corrected chi connectivity index (χ0v) is 8.41. The van der Waals surface area contributed by atoms with Crippen LogP contribution in [0.2, 0.25) is 0 Å². The molecule has 0 saturated carbocycles. The van der Waals surface area contributed by atoms with Crippen LogP contribution in [0, 0.1) is 0 Å². The largest absolute Gasteiger partial charge is 0.273 e. The minimum Gasteiger partial charge on any atom is -0.273 e. The van der Waals surface area contributed by atoms with Crippen molar-refractivity contribution in [3.05, 3.63) is 0 Å². The van der Waals surface area contributed by atoms with Gasteiger partial charge in [-0.3, -0.25) is 4.79 Å². The molecule has 5 heteroatoms. The van der Waals surface area contributed by atoms with Crippen molar-refractivity contribution in [1.82, 2.24) is 0 Å². The summed E-state index contributed by atoms with van der Waals surface area (Å²) < 4.78 is -1.27. The maximum atomic E-state index is 10.4. The summed E-state index contributed by atoms with van der Waals surface area (Å²) in [5.74, 6) is -0.354. The summed E-state index contributed by atoms with van der Waals surface area (Å²) in [5, 5.41) is -0.492. The number of amides is 1. The molecule has 0 aromatic heterocycles. The molecule has 0 spiro atoms. The number of hydrogen-bond acceptors (Lipinski definition) is 1. The average Bonchev–Trinajstić information content (AvgIpc) is 1.84. The summed E-state index contributed by atoms with van der Waals surface area (Å²) >= 11 is 16.9. The fraction of sp³-hybridized carbons (Fsp3) is 0.667. The van der Waals surface area contributed by atoms with Gasteiger partial charge in [-0.2, -0.15) is 0 Å². The first-order valence-electron chi connectivity index (χ1n) is 2.94. The van der Waals surface area contributed by atoms with E-state index in [9.17, 15) is 4.79 Å². The predicted octanol–water partition coefficient (Wildman–Crippen LogP) is 2.40. The highest BCUT2D eigenvalue weighted by Crippen LogP contribution is 2.26. The molecule has 1 amide bonds. The van der Waals surface area contributed by atoms with E-state index < -0.39 is 9.71 Å². The molecule has 0 radical (unpaired) electrons. The number of carbonyl (C=O) groups is 1. The van der Waals surface area contributed by atoms with Gasteiger partial charge in [0.05, 0.1) is 5.38 Å². The first-order chi connectivity index (χ1) is 4.86. The van der Waals surface area contributed by atoms with E-state index >= 15 is 0 Å². The van der Waals surface area contributed by atoms with Crippen molar-refractivity contribution < 1.29 is 4.79 Å². The van der Waals surface area contributed by atoms with E-state index in [0.29, 0.717) is 0 Å². The third kappa shape index (κ3) is 4.62. The highest BCUT2D eigenvalue weighted by molar-refractivity contribution is 6.59. The van der Waals surface area contributed by atoms with Crippen LogP contribution in [-0.2, 0) is 4.79 Å². The minimum atomic E-state index is -1.27. The van der Waals surface area contributed by atoms with Crippen molar-refractivity contribution in [2.24, 2.45) is 4.99 Å². The van der Waals surface area contributed by atoms with Crippen molar-refractivity contribution in [2.75, 3.05) is 0 Å². The van der Waals surface area contributed by atoms with Crippen LogP contribution in [0.25, 0.3) is 0 Å². The molecule has 0 aromatic carbocycles. The fourth-order valence-corrected chi connectivity index (χ4v) is 0.434. The maximum absolute atomic E-state index is 10.4. The topological polar surface area (TPSA) is 29.4 Å². The van der Waals surface area contributed by atoms with Crippen LogP contribution in [0.15, 0.2) is 4.99 Å². The molecule has 0 aliphatic carbocycles. The minimum absolute atomic E-state index is 0.354. The lowest BCUT2D eigenvalue weighted by Crippen LogP contribution is -2.25. The molecule has 64 valence electrons. The highest BCUT2D eigenvalue weighted by Gasteiger charge is 2.27. The molecule has 11 heavy (non-hydrogen) atoms. The number of hydrogen-bond donors (Lipinski definition) is 0. The molecule has 0 saturated heterocycles. The second-order valence-corrected chi connectivity index (χ2v) is 4.17. The quantitative estimate of drug-likeness (QED) is 0.515. The van der Waals surface area contributed by atoms with E-state index in [2.05, 4.69) is 4.99 Å². The fourth-order valence-electron chi connectivity index (χ4n) is 0.280. The molecule has 0 aromatic rings. The number of carbonyl (C=O) groups excluding carboxylic acids is 1. The summed E-state index contributed by atoms with van der Waals surface area (Å²) in [6.45, 7) is 2.92. The van der Waals surface area contributed by atoms with Gasteiger partial charge in [0.25, 0.3) is 0 Å². The number of nitrogens with zero attached hydrogens (tertiary/aromatic N) is 1. The molecule has 0 aliphatic rings. The van der Waals surface area contributed by atoms with E-state index in [1.54, 1.807) is 6.92 Å². The van der Waals surface area contributed by atoms with Crippen LogP contribution in [0.5, 0.6) is 0 Å². The number of alkyl halides is 3. The first-order valence-corrected chi connectivity index (χ1v) is 4.13. The van der Waals surface area contributed by atoms with Gasteiger partial charge in [0.1, 0.15) is 0 Å². The SMILES string of the molecule is CC(=O)N=CC(Cl)(Cl)C(C)Cl. The predicted molar refractivity (Wildman–Crippen MR) is 48.9 cm³/mol. The van der Waals surface area contributed by atoms with Crippen LogP contribution in [-0.4, -0.2) is 21.8 Å². The summed E-state index contributed by atoms with van der Waals surface area (Å²) in [6, 6.07) is 0. The third-order valence-electron chi connectivity index (χ3n) is 0.949. The lowest BCUT2D eigenvalue weighted by Gasteiger charge is -2.15. The average molecular weight is 216 g/mol. The molecular weight excluding hydrogens is 208 g/mol. The molecule has 2 nitrogen and oxygen atoms in total. The Morgan fingerprint density at radius 1 is 1.64 bits per heavy atom. The molecule has 0 N–H and O–H groups in total. The van der Waals surface area contributed by atoms with Crippen molar-refractivity contribution >= 4 is 46.9 Å². The normalized spacial score (nSPS) is 15.4. The Kier molecular flexibility index (Phi) is 4.37. The van der Waals surface area contributed by atoms with Gasteiger partial charge in [-0.15, -0.1) is 11.6 Å². The molecule has 1 unspecified atom stereocenters. The van der Waals surface area contributed by atoms with Crippen LogP contribution in [0.3, 0.4) is 0 Å².